The Morgan fingerprint density at radius 2 is 2.28 bits per heavy atom. The van der Waals surface area contributed by atoms with E-state index in [0.717, 1.165) is 44.2 Å². The van der Waals surface area contributed by atoms with Crippen LogP contribution in [0.1, 0.15) is 44.1 Å². The Hall–Kier alpha value is -1.95. The second kappa shape index (κ2) is 6.75. The molecule has 6 nitrogen and oxygen atoms in total. The fourth-order valence-corrected chi connectivity index (χ4v) is 4.51. The van der Waals surface area contributed by atoms with E-state index >= 15 is 0 Å². The number of hydrogen-bond acceptors (Lipinski definition) is 4. The van der Waals surface area contributed by atoms with E-state index in [4.69, 9.17) is 4.74 Å². The summed E-state index contributed by atoms with van der Waals surface area (Å²) >= 11 is 0. The number of rotatable bonds is 3. The number of amides is 2. The Balaban J connectivity index is 1.52. The van der Waals surface area contributed by atoms with Crippen molar-refractivity contribution in [2.75, 3.05) is 19.7 Å². The third-order valence-corrected chi connectivity index (χ3v) is 5.81. The summed E-state index contributed by atoms with van der Waals surface area (Å²) in [5, 5.41) is 0. The summed E-state index contributed by atoms with van der Waals surface area (Å²) in [5.74, 6) is 0.299. The average molecular weight is 343 g/mol. The molecule has 0 aliphatic carbocycles. The van der Waals surface area contributed by atoms with Gasteiger partial charge < -0.3 is 14.5 Å². The standard InChI is InChI=1S/C19H25N3O3/c23-17-6-8-19(22(17)13-15-4-1-9-20-12-15)7-3-10-21(14-19)18(24)16-5-2-11-25-16/h1,4,9,12,16H,2-3,5-8,10-11,13-14H2/t16-,19+/m1/s1. The molecule has 2 atom stereocenters. The zero-order valence-corrected chi connectivity index (χ0v) is 14.5. The molecule has 3 saturated heterocycles. The number of hydrogen-bond donors (Lipinski definition) is 0. The van der Waals surface area contributed by atoms with Crippen molar-refractivity contribution in [1.29, 1.82) is 0 Å². The maximum absolute atomic E-state index is 12.8. The van der Waals surface area contributed by atoms with Crippen LogP contribution in [0, 0.1) is 0 Å². The van der Waals surface area contributed by atoms with Crippen LogP contribution in [0.15, 0.2) is 24.5 Å². The Labute approximate surface area is 148 Å². The lowest BCUT2D eigenvalue weighted by Gasteiger charge is -2.46. The zero-order valence-electron chi connectivity index (χ0n) is 14.5. The molecule has 0 N–H and O–H groups in total. The van der Waals surface area contributed by atoms with E-state index in [0.29, 0.717) is 26.1 Å². The van der Waals surface area contributed by atoms with Gasteiger partial charge in [0.1, 0.15) is 6.10 Å². The fourth-order valence-electron chi connectivity index (χ4n) is 4.51. The molecule has 1 spiro atoms. The van der Waals surface area contributed by atoms with Crippen molar-refractivity contribution in [3.8, 4) is 0 Å². The largest absolute Gasteiger partial charge is 0.368 e. The monoisotopic (exact) mass is 343 g/mol. The highest BCUT2D eigenvalue weighted by atomic mass is 16.5. The Bertz CT molecular complexity index is 645. The van der Waals surface area contributed by atoms with Gasteiger partial charge in [-0.3, -0.25) is 14.6 Å². The van der Waals surface area contributed by atoms with Crippen molar-refractivity contribution in [2.24, 2.45) is 0 Å². The van der Waals surface area contributed by atoms with E-state index < -0.39 is 0 Å². The predicted octanol–water partition coefficient (Wildman–Crippen LogP) is 1.74. The van der Waals surface area contributed by atoms with Crippen molar-refractivity contribution in [3.63, 3.8) is 0 Å². The molecule has 0 bridgehead atoms. The van der Waals surface area contributed by atoms with Gasteiger partial charge >= 0.3 is 0 Å². The third kappa shape index (κ3) is 3.15. The Kier molecular flexibility index (Phi) is 4.46. The molecule has 1 aromatic heterocycles. The van der Waals surface area contributed by atoms with Gasteiger partial charge in [0.25, 0.3) is 5.91 Å². The van der Waals surface area contributed by atoms with E-state index in [1.165, 1.54) is 0 Å². The molecule has 0 saturated carbocycles. The predicted molar refractivity (Wildman–Crippen MR) is 91.5 cm³/mol. The quantitative estimate of drug-likeness (QED) is 0.839. The van der Waals surface area contributed by atoms with Gasteiger partial charge in [-0.15, -0.1) is 0 Å². The average Bonchev–Trinajstić information content (AvgIpc) is 3.27. The van der Waals surface area contributed by atoms with Gasteiger partial charge in [0.2, 0.25) is 5.91 Å². The lowest BCUT2D eigenvalue weighted by molar-refractivity contribution is -0.147. The molecule has 2 amide bonds. The molecule has 3 aliphatic heterocycles. The molecule has 6 heteroatoms. The minimum Gasteiger partial charge on any atom is -0.368 e. The molecule has 0 radical (unpaired) electrons. The number of likely N-dealkylation sites (tertiary alicyclic amines) is 2. The van der Waals surface area contributed by atoms with Crippen LogP contribution in [0.4, 0.5) is 0 Å². The molecule has 134 valence electrons. The van der Waals surface area contributed by atoms with Crippen LogP contribution in [0.5, 0.6) is 0 Å². The van der Waals surface area contributed by atoms with Crippen LogP contribution < -0.4 is 0 Å². The third-order valence-electron chi connectivity index (χ3n) is 5.81. The summed E-state index contributed by atoms with van der Waals surface area (Å²) in [5.41, 5.74) is 0.819. The van der Waals surface area contributed by atoms with E-state index in [9.17, 15) is 9.59 Å². The second-order valence-electron chi connectivity index (χ2n) is 7.43. The molecule has 3 fully saturated rings. The van der Waals surface area contributed by atoms with Crippen LogP contribution in [-0.4, -0.2) is 57.9 Å². The van der Waals surface area contributed by atoms with E-state index in [1.807, 2.05) is 28.1 Å². The highest BCUT2D eigenvalue weighted by Crippen LogP contribution is 2.39. The van der Waals surface area contributed by atoms with Gasteiger partial charge in [-0.1, -0.05) is 6.07 Å². The summed E-state index contributed by atoms with van der Waals surface area (Å²) < 4.78 is 5.58. The normalized spacial score (nSPS) is 29.6. The van der Waals surface area contributed by atoms with Crippen molar-refractivity contribution >= 4 is 11.8 Å². The minimum atomic E-state index is -0.279. The van der Waals surface area contributed by atoms with Crippen molar-refractivity contribution in [1.82, 2.24) is 14.8 Å². The number of carbonyl (C=O) groups is 2. The summed E-state index contributed by atoms with van der Waals surface area (Å²) in [7, 11) is 0. The van der Waals surface area contributed by atoms with Crippen molar-refractivity contribution in [3.05, 3.63) is 30.1 Å². The van der Waals surface area contributed by atoms with E-state index in [1.54, 1.807) is 6.20 Å². The maximum atomic E-state index is 12.8. The van der Waals surface area contributed by atoms with Crippen molar-refractivity contribution < 1.29 is 14.3 Å². The number of pyridine rings is 1. The topological polar surface area (TPSA) is 62.7 Å². The first-order chi connectivity index (χ1) is 12.2. The highest BCUT2D eigenvalue weighted by molar-refractivity contribution is 5.83. The lowest BCUT2D eigenvalue weighted by atomic mass is 9.86. The summed E-state index contributed by atoms with van der Waals surface area (Å²) in [6.45, 7) is 2.67. The minimum absolute atomic E-state index is 0.109. The van der Waals surface area contributed by atoms with Gasteiger partial charge in [0.05, 0.1) is 5.54 Å². The molecule has 3 aliphatic rings. The van der Waals surface area contributed by atoms with Crippen LogP contribution in [0.3, 0.4) is 0 Å². The number of aromatic nitrogens is 1. The van der Waals surface area contributed by atoms with Gasteiger partial charge in [0, 0.05) is 45.1 Å². The van der Waals surface area contributed by atoms with Crippen molar-refractivity contribution in [2.45, 2.75) is 56.7 Å². The summed E-state index contributed by atoms with van der Waals surface area (Å²) in [6.07, 6.45) is 8.37. The smallest absolute Gasteiger partial charge is 0.251 e. The number of ether oxygens (including phenoxy) is 1. The van der Waals surface area contributed by atoms with Gasteiger partial charge in [-0.05, 0) is 43.7 Å². The lowest BCUT2D eigenvalue weighted by Crippen LogP contribution is -2.58. The summed E-state index contributed by atoms with van der Waals surface area (Å²) in [6, 6.07) is 3.90. The number of carbonyl (C=O) groups excluding carboxylic acids is 2. The van der Waals surface area contributed by atoms with Gasteiger partial charge in [-0.25, -0.2) is 0 Å². The van der Waals surface area contributed by atoms with E-state index in [-0.39, 0.29) is 23.5 Å². The highest BCUT2D eigenvalue weighted by Gasteiger charge is 2.49. The molecular formula is C19H25N3O3. The van der Waals surface area contributed by atoms with Crippen LogP contribution in [-0.2, 0) is 20.9 Å². The van der Waals surface area contributed by atoms with Gasteiger partial charge in [-0.2, -0.15) is 0 Å². The maximum Gasteiger partial charge on any atom is 0.251 e. The first kappa shape index (κ1) is 16.5. The molecule has 4 rings (SSSR count). The van der Waals surface area contributed by atoms with Gasteiger partial charge in [0.15, 0.2) is 0 Å². The molecule has 0 unspecified atom stereocenters. The first-order valence-electron chi connectivity index (χ1n) is 9.28. The molecule has 0 aromatic carbocycles. The number of nitrogens with zero attached hydrogens (tertiary/aromatic N) is 3. The van der Waals surface area contributed by atoms with E-state index in [2.05, 4.69) is 4.98 Å². The van der Waals surface area contributed by atoms with Crippen LogP contribution in [0.2, 0.25) is 0 Å². The first-order valence-corrected chi connectivity index (χ1v) is 9.28. The molecule has 4 heterocycles. The fraction of sp³-hybridized carbons (Fsp3) is 0.632. The summed E-state index contributed by atoms with van der Waals surface area (Å²) in [4.78, 5) is 33.4. The molecule has 25 heavy (non-hydrogen) atoms. The Morgan fingerprint density at radius 3 is 3.04 bits per heavy atom. The molecule has 1 aromatic rings. The number of piperidine rings is 1. The Morgan fingerprint density at radius 1 is 1.36 bits per heavy atom. The zero-order chi connectivity index (χ0) is 17.3. The van der Waals surface area contributed by atoms with Crippen LogP contribution >= 0.6 is 0 Å². The molecular weight excluding hydrogens is 318 g/mol. The second-order valence-corrected chi connectivity index (χ2v) is 7.43. The van der Waals surface area contributed by atoms with Crippen LogP contribution in [0.25, 0.3) is 0 Å². The SMILES string of the molecule is O=C([C@H]1CCCO1)N1CCC[C@]2(CCC(=O)N2Cc2cccnc2)C1.